The Morgan fingerprint density at radius 2 is 2.29 bits per heavy atom. The lowest BCUT2D eigenvalue weighted by atomic mass is 10.0. The summed E-state index contributed by atoms with van der Waals surface area (Å²) < 4.78 is 5.44. The molecule has 0 spiro atoms. The highest BCUT2D eigenvalue weighted by Gasteiger charge is 2.15. The normalized spacial score (nSPS) is 12.2. The third kappa shape index (κ3) is 4.04. The van der Waals surface area contributed by atoms with Crippen molar-refractivity contribution in [3.05, 3.63) is 24.0 Å². The summed E-state index contributed by atoms with van der Waals surface area (Å²) in [5.74, 6) is 0.424. The highest BCUT2D eigenvalue weighted by atomic mass is 16.5. The lowest BCUT2D eigenvalue weighted by molar-refractivity contribution is 0.127. The molecule has 0 bridgehead atoms. The Bertz CT molecular complexity index is 384. The Kier molecular flexibility index (Phi) is 5.44. The molecule has 0 aliphatic heterocycles. The van der Waals surface area contributed by atoms with Gasteiger partial charge in [0, 0.05) is 12.8 Å². The summed E-state index contributed by atoms with van der Waals surface area (Å²) in [4.78, 5) is 4.03. The second-order valence-electron chi connectivity index (χ2n) is 4.17. The van der Waals surface area contributed by atoms with Crippen molar-refractivity contribution in [2.75, 3.05) is 18.5 Å². The molecule has 1 aromatic heterocycles. The van der Waals surface area contributed by atoms with Crippen molar-refractivity contribution >= 4 is 5.69 Å². The number of nitrogens with zero attached hydrogens (tertiary/aromatic N) is 2. The van der Waals surface area contributed by atoms with Gasteiger partial charge in [-0.3, -0.25) is 0 Å². The van der Waals surface area contributed by atoms with Crippen LogP contribution in [0.5, 0.6) is 0 Å². The minimum Gasteiger partial charge on any atom is -0.380 e. The van der Waals surface area contributed by atoms with Gasteiger partial charge in [-0.05, 0) is 25.0 Å². The molecule has 0 amide bonds. The first-order valence-electron chi connectivity index (χ1n) is 5.88. The molecule has 0 aliphatic rings. The van der Waals surface area contributed by atoms with Crippen molar-refractivity contribution in [3.8, 4) is 6.07 Å². The van der Waals surface area contributed by atoms with Gasteiger partial charge in [-0.25, -0.2) is 4.98 Å². The maximum absolute atomic E-state index is 8.96. The summed E-state index contributed by atoms with van der Waals surface area (Å²) in [7, 11) is 0. The van der Waals surface area contributed by atoms with Gasteiger partial charge in [-0.15, -0.1) is 0 Å². The Balaban J connectivity index is 2.75. The van der Waals surface area contributed by atoms with Gasteiger partial charge in [0.1, 0.15) is 6.07 Å². The van der Waals surface area contributed by atoms with Crippen LogP contribution in [-0.2, 0) is 4.74 Å². The van der Waals surface area contributed by atoms with E-state index in [0.717, 1.165) is 5.69 Å². The summed E-state index contributed by atoms with van der Waals surface area (Å²) in [5.41, 5.74) is 1.20. The fraction of sp³-hybridized carbons (Fsp3) is 0.538. The fourth-order valence-electron chi connectivity index (χ4n) is 1.46. The standard InChI is InChI=1S/C13H19N3O/c1-4-17-9-13(10(2)3)16-11-6-5-7-15-12(11)8-14/h5-7,10,13,16H,4,9H2,1-3H3. The van der Waals surface area contributed by atoms with E-state index < -0.39 is 0 Å². The number of hydrogen-bond acceptors (Lipinski definition) is 4. The van der Waals surface area contributed by atoms with Crippen LogP contribution in [0.15, 0.2) is 18.3 Å². The lowest BCUT2D eigenvalue weighted by Crippen LogP contribution is -2.31. The van der Waals surface area contributed by atoms with Crippen molar-refractivity contribution in [3.63, 3.8) is 0 Å². The van der Waals surface area contributed by atoms with Gasteiger partial charge in [0.2, 0.25) is 0 Å². The van der Waals surface area contributed by atoms with E-state index in [4.69, 9.17) is 10.00 Å². The molecule has 0 radical (unpaired) electrons. The largest absolute Gasteiger partial charge is 0.380 e. The van der Waals surface area contributed by atoms with Crippen LogP contribution in [0.1, 0.15) is 26.5 Å². The number of nitriles is 1. The molecule has 1 aromatic rings. The van der Waals surface area contributed by atoms with Crippen LogP contribution in [0.25, 0.3) is 0 Å². The highest BCUT2D eigenvalue weighted by molar-refractivity contribution is 5.53. The minimum atomic E-state index is 0.186. The fourth-order valence-corrected chi connectivity index (χ4v) is 1.46. The van der Waals surface area contributed by atoms with E-state index >= 15 is 0 Å². The van der Waals surface area contributed by atoms with E-state index in [9.17, 15) is 0 Å². The van der Waals surface area contributed by atoms with Gasteiger partial charge in [-0.2, -0.15) is 5.26 Å². The van der Waals surface area contributed by atoms with Crippen LogP contribution in [0, 0.1) is 17.2 Å². The summed E-state index contributed by atoms with van der Waals surface area (Å²) in [6, 6.07) is 5.96. The molecule has 92 valence electrons. The van der Waals surface area contributed by atoms with Crippen LogP contribution >= 0.6 is 0 Å². The quantitative estimate of drug-likeness (QED) is 0.819. The molecule has 0 saturated carbocycles. The summed E-state index contributed by atoms with van der Waals surface area (Å²) in [6.07, 6.45) is 1.62. The molecule has 1 N–H and O–H groups in total. The second kappa shape index (κ2) is 6.87. The third-order valence-electron chi connectivity index (χ3n) is 2.56. The van der Waals surface area contributed by atoms with Crippen molar-refractivity contribution in [2.45, 2.75) is 26.8 Å². The second-order valence-corrected chi connectivity index (χ2v) is 4.17. The molecule has 1 atom stereocenters. The summed E-state index contributed by atoms with van der Waals surface area (Å²) in [6.45, 7) is 7.55. The van der Waals surface area contributed by atoms with Crippen molar-refractivity contribution in [2.24, 2.45) is 5.92 Å². The average Bonchev–Trinajstić information content (AvgIpc) is 2.34. The van der Waals surface area contributed by atoms with Gasteiger partial charge < -0.3 is 10.1 Å². The number of rotatable bonds is 6. The number of anilines is 1. The smallest absolute Gasteiger partial charge is 0.163 e. The zero-order valence-corrected chi connectivity index (χ0v) is 10.6. The molecule has 0 aromatic carbocycles. The molecule has 0 aliphatic carbocycles. The third-order valence-corrected chi connectivity index (χ3v) is 2.56. The number of nitrogens with one attached hydrogen (secondary N) is 1. The number of aromatic nitrogens is 1. The van der Waals surface area contributed by atoms with Gasteiger partial charge in [0.05, 0.1) is 18.3 Å². The molecule has 1 rings (SSSR count). The van der Waals surface area contributed by atoms with E-state index in [2.05, 4.69) is 30.2 Å². The molecule has 4 nitrogen and oxygen atoms in total. The van der Waals surface area contributed by atoms with Crippen LogP contribution < -0.4 is 5.32 Å². The number of ether oxygens (including phenoxy) is 1. The molecular formula is C13H19N3O. The van der Waals surface area contributed by atoms with Crippen LogP contribution in [0.2, 0.25) is 0 Å². The van der Waals surface area contributed by atoms with Gasteiger partial charge >= 0.3 is 0 Å². The van der Waals surface area contributed by atoms with Gasteiger partial charge in [-0.1, -0.05) is 13.8 Å². The molecule has 4 heteroatoms. The first kappa shape index (κ1) is 13.5. The Hall–Kier alpha value is -1.60. The molecule has 17 heavy (non-hydrogen) atoms. The zero-order chi connectivity index (χ0) is 12.7. The van der Waals surface area contributed by atoms with Crippen LogP contribution in [0.4, 0.5) is 5.69 Å². The van der Waals surface area contributed by atoms with E-state index in [1.807, 2.05) is 19.1 Å². The summed E-state index contributed by atoms with van der Waals surface area (Å²) in [5, 5.41) is 12.3. The SMILES string of the molecule is CCOCC(Nc1cccnc1C#N)C(C)C. The van der Waals surface area contributed by atoms with Gasteiger partial charge in [0.25, 0.3) is 0 Å². The predicted molar refractivity (Wildman–Crippen MR) is 67.7 cm³/mol. The van der Waals surface area contributed by atoms with E-state index in [1.165, 1.54) is 0 Å². The monoisotopic (exact) mass is 233 g/mol. The Labute approximate surface area is 103 Å². The lowest BCUT2D eigenvalue weighted by Gasteiger charge is -2.23. The molecule has 1 unspecified atom stereocenters. The zero-order valence-electron chi connectivity index (χ0n) is 10.6. The number of hydrogen-bond donors (Lipinski definition) is 1. The topological polar surface area (TPSA) is 57.9 Å². The minimum absolute atomic E-state index is 0.186. The molecule has 0 fully saturated rings. The van der Waals surface area contributed by atoms with Gasteiger partial charge in [0.15, 0.2) is 5.69 Å². The number of pyridine rings is 1. The predicted octanol–water partition coefficient (Wildman–Crippen LogP) is 2.43. The average molecular weight is 233 g/mol. The molecular weight excluding hydrogens is 214 g/mol. The van der Waals surface area contributed by atoms with E-state index in [1.54, 1.807) is 6.20 Å². The summed E-state index contributed by atoms with van der Waals surface area (Å²) >= 11 is 0. The highest BCUT2D eigenvalue weighted by Crippen LogP contribution is 2.15. The van der Waals surface area contributed by atoms with Crippen molar-refractivity contribution in [1.29, 1.82) is 5.26 Å². The first-order valence-corrected chi connectivity index (χ1v) is 5.88. The molecule has 1 heterocycles. The van der Waals surface area contributed by atoms with E-state index in [0.29, 0.717) is 24.8 Å². The van der Waals surface area contributed by atoms with Crippen LogP contribution in [-0.4, -0.2) is 24.2 Å². The maximum Gasteiger partial charge on any atom is 0.163 e. The van der Waals surface area contributed by atoms with Crippen molar-refractivity contribution in [1.82, 2.24) is 4.98 Å². The first-order chi connectivity index (χ1) is 8.19. The Morgan fingerprint density at radius 3 is 2.88 bits per heavy atom. The molecule has 0 saturated heterocycles. The Morgan fingerprint density at radius 1 is 1.53 bits per heavy atom. The maximum atomic E-state index is 8.96. The van der Waals surface area contributed by atoms with Crippen LogP contribution in [0.3, 0.4) is 0 Å². The van der Waals surface area contributed by atoms with E-state index in [-0.39, 0.29) is 6.04 Å². The van der Waals surface area contributed by atoms with Crippen molar-refractivity contribution < 1.29 is 4.74 Å².